The van der Waals surface area contributed by atoms with Crippen LogP contribution in [-0.4, -0.2) is 15.3 Å². The second kappa shape index (κ2) is 7.69. The van der Waals surface area contributed by atoms with Gasteiger partial charge in [0.15, 0.2) is 0 Å². The molecule has 0 aliphatic heterocycles. The molecular weight excluding hydrogens is 346 g/mol. The molecule has 28 heavy (non-hydrogen) atoms. The van der Waals surface area contributed by atoms with E-state index in [4.69, 9.17) is 0 Å². The van der Waals surface area contributed by atoms with E-state index in [9.17, 15) is 4.79 Å². The van der Waals surface area contributed by atoms with Crippen LogP contribution >= 0.6 is 0 Å². The summed E-state index contributed by atoms with van der Waals surface area (Å²) in [5, 5.41) is 3.08. The SMILES string of the molecule is CCc1ccc(C(C)NC(=O)c2ccn3cc(-c4ccccc4)nc3c2)cc1. The number of hydrogen-bond acceptors (Lipinski definition) is 2. The first kappa shape index (κ1) is 18.0. The van der Waals surface area contributed by atoms with E-state index in [0.29, 0.717) is 5.56 Å². The van der Waals surface area contributed by atoms with Crippen LogP contribution in [0.25, 0.3) is 16.9 Å². The summed E-state index contributed by atoms with van der Waals surface area (Å²) < 4.78 is 1.94. The lowest BCUT2D eigenvalue weighted by Gasteiger charge is -2.15. The van der Waals surface area contributed by atoms with Gasteiger partial charge in [0.05, 0.1) is 11.7 Å². The Balaban J connectivity index is 1.53. The number of benzene rings is 2. The van der Waals surface area contributed by atoms with Crippen LogP contribution in [0.4, 0.5) is 0 Å². The summed E-state index contributed by atoms with van der Waals surface area (Å²) in [5.74, 6) is -0.0983. The van der Waals surface area contributed by atoms with E-state index in [-0.39, 0.29) is 11.9 Å². The largest absolute Gasteiger partial charge is 0.346 e. The molecule has 0 saturated carbocycles. The number of carbonyl (C=O) groups is 1. The van der Waals surface area contributed by atoms with E-state index in [1.54, 1.807) is 0 Å². The summed E-state index contributed by atoms with van der Waals surface area (Å²) >= 11 is 0. The zero-order valence-corrected chi connectivity index (χ0v) is 16.1. The normalized spacial score (nSPS) is 12.1. The lowest BCUT2D eigenvalue weighted by Crippen LogP contribution is -2.26. The molecule has 1 amide bonds. The number of nitrogens with one attached hydrogen (secondary N) is 1. The molecule has 1 unspecified atom stereocenters. The minimum Gasteiger partial charge on any atom is -0.346 e. The number of imidazole rings is 1. The Labute approximate surface area is 164 Å². The van der Waals surface area contributed by atoms with Crippen LogP contribution in [0.15, 0.2) is 79.1 Å². The third-order valence-corrected chi connectivity index (χ3v) is 5.03. The zero-order chi connectivity index (χ0) is 19.5. The van der Waals surface area contributed by atoms with Crippen molar-refractivity contribution in [1.82, 2.24) is 14.7 Å². The fourth-order valence-corrected chi connectivity index (χ4v) is 3.28. The highest BCUT2D eigenvalue weighted by atomic mass is 16.1. The molecule has 1 N–H and O–H groups in total. The van der Waals surface area contributed by atoms with E-state index in [1.807, 2.05) is 66.2 Å². The van der Waals surface area contributed by atoms with Gasteiger partial charge in [0.2, 0.25) is 0 Å². The van der Waals surface area contributed by atoms with Crippen molar-refractivity contribution in [2.24, 2.45) is 0 Å². The Morgan fingerprint density at radius 3 is 2.54 bits per heavy atom. The topological polar surface area (TPSA) is 46.4 Å². The number of amides is 1. The molecule has 2 aromatic heterocycles. The zero-order valence-electron chi connectivity index (χ0n) is 16.1. The van der Waals surface area contributed by atoms with Gasteiger partial charge in [-0.3, -0.25) is 4.79 Å². The molecule has 4 nitrogen and oxygen atoms in total. The molecule has 2 aromatic carbocycles. The Bertz CT molecular complexity index is 1100. The van der Waals surface area contributed by atoms with Crippen molar-refractivity contribution >= 4 is 11.6 Å². The average Bonchev–Trinajstić information content (AvgIpc) is 3.18. The number of fused-ring (bicyclic) bond motifs is 1. The van der Waals surface area contributed by atoms with Gasteiger partial charge in [-0.1, -0.05) is 61.5 Å². The smallest absolute Gasteiger partial charge is 0.251 e. The van der Waals surface area contributed by atoms with Crippen LogP contribution in [0, 0.1) is 0 Å². The summed E-state index contributed by atoms with van der Waals surface area (Å²) in [6.45, 7) is 4.13. The molecule has 4 heteroatoms. The van der Waals surface area contributed by atoms with Crippen molar-refractivity contribution in [3.8, 4) is 11.3 Å². The fraction of sp³-hybridized carbons (Fsp3) is 0.167. The second-order valence-electron chi connectivity index (χ2n) is 6.96. The predicted molar refractivity (Wildman–Crippen MR) is 112 cm³/mol. The minimum atomic E-state index is -0.0983. The maximum Gasteiger partial charge on any atom is 0.251 e. The van der Waals surface area contributed by atoms with E-state index >= 15 is 0 Å². The Morgan fingerprint density at radius 1 is 1.07 bits per heavy atom. The molecule has 1 atom stereocenters. The van der Waals surface area contributed by atoms with Gasteiger partial charge in [-0.15, -0.1) is 0 Å². The van der Waals surface area contributed by atoms with E-state index in [0.717, 1.165) is 28.9 Å². The van der Waals surface area contributed by atoms with Gasteiger partial charge in [-0.05, 0) is 36.6 Å². The highest BCUT2D eigenvalue weighted by Gasteiger charge is 2.13. The molecule has 0 aliphatic carbocycles. The van der Waals surface area contributed by atoms with Crippen LogP contribution in [-0.2, 0) is 6.42 Å². The Kier molecular flexibility index (Phi) is 4.94. The number of aromatic nitrogens is 2. The molecule has 0 bridgehead atoms. The first-order valence-corrected chi connectivity index (χ1v) is 9.58. The standard InChI is InChI=1S/C24H23N3O/c1-3-18-9-11-19(12-10-18)17(2)25-24(28)21-13-14-27-16-22(26-23(27)15-21)20-7-5-4-6-8-20/h4-17H,3H2,1-2H3,(H,25,28). The second-order valence-corrected chi connectivity index (χ2v) is 6.96. The van der Waals surface area contributed by atoms with Crippen LogP contribution in [0.2, 0.25) is 0 Å². The fourth-order valence-electron chi connectivity index (χ4n) is 3.28. The van der Waals surface area contributed by atoms with Crippen molar-refractivity contribution in [3.05, 3.63) is 95.8 Å². The average molecular weight is 369 g/mol. The maximum absolute atomic E-state index is 12.7. The van der Waals surface area contributed by atoms with Gasteiger partial charge in [0.25, 0.3) is 5.91 Å². The predicted octanol–water partition coefficient (Wildman–Crippen LogP) is 5.05. The third-order valence-electron chi connectivity index (χ3n) is 5.03. The van der Waals surface area contributed by atoms with E-state index < -0.39 is 0 Å². The molecule has 0 spiro atoms. The lowest BCUT2D eigenvalue weighted by molar-refractivity contribution is 0.0940. The molecule has 140 valence electrons. The van der Waals surface area contributed by atoms with Crippen LogP contribution in [0.3, 0.4) is 0 Å². The molecule has 0 fully saturated rings. The first-order valence-electron chi connectivity index (χ1n) is 9.58. The molecule has 0 saturated heterocycles. The van der Waals surface area contributed by atoms with E-state index in [2.05, 4.69) is 41.5 Å². The molecule has 0 radical (unpaired) electrons. The molecular formula is C24H23N3O. The molecule has 0 aliphatic rings. The highest BCUT2D eigenvalue weighted by molar-refractivity contribution is 5.95. The van der Waals surface area contributed by atoms with Gasteiger partial charge >= 0.3 is 0 Å². The van der Waals surface area contributed by atoms with Crippen molar-refractivity contribution in [3.63, 3.8) is 0 Å². The van der Waals surface area contributed by atoms with Gasteiger partial charge in [0.1, 0.15) is 5.65 Å². The van der Waals surface area contributed by atoms with Gasteiger partial charge in [-0.2, -0.15) is 0 Å². The molecule has 2 heterocycles. The quantitative estimate of drug-likeness (QED) is 0.535. The minimum absolute atomic E-state index is 0.0609. The summed E-state index contributed by atoms with van der Waals surface area (Å²) in [7, 11) is 0. The number of hydrogen-bond donors (Lipinski definition) is 1. The van der Waals surface area contributed by atoms with Crippen LogP contribution in [0.1, 0.15) is 41.4 Å². The van der Waals surface area contributed by atoms with Crippen molar-refractivity contribution in [2.45, 2.75) is 26.3 Å². The van der Waals surface area contributed by atoms with Crippen molar-refractivity contribution < 1.29 is 4.79 Å². The number of rotatable bonds is 5. The molecule has 4 rings (SSSR count). The van der Waals surface area contributed by atoms with Gasteiger partial charge < -0.3 is 9.72 Å². The highest BCUT2D eigenvalue weighted by Crippen LogP contribution is 2.20. The summed E-state index contributed by atoms with van der Waals surface area (Å²) in [5.41, 5.74) is 5.70. The number of pyridine rings is 1. The van der Waals surface area contributed by atoms with Gasteiger partial charge in [0, 0.05) is 23.5 Å². The number of carbonyl (C=O) groups excluding carboxylic acids is 1. The van der Waals surface area contributed by atoms with Crippen molar-refractivity contribution in [1.29, 1.82) is 0 Å². The monoisotopic (exact) mass is 369 g/mol. The van der Waals surface area contributed by atoms with Crippen molar-refractivity contribution in [2.75, 3.05) is 0 Å². The number of nitrogens with zero attached hydrogens (tertiary/aromatic N) is 2. The third kappa shape index (κ3) is 3.67. The van der Waals surface area contributed by atoms with Crippen LogP contribution < -0.4 is 5.32 Å². The first-order chi connectivity index (χ1) is 13.6. The summed E-state index contributed by atoms with van der Waals surface area (Å²) in [6, 6.07) is 22.0. The Morgan fingerprint density at radius 2 is 1.82 bits per heavy atom. The maximum atomic E-state index is 12.7. The Hall–Kier alpha value is -3.40. The summed E-state index contributed by atoms with van der Waals surface area (Å²) in [4.78, 5) is 17.4. The molecule has 4 aromatic rings. The van der Waals surface area contributed by atoms with Crippen LogP contribution in [0.5, 0.6) is 0 Å². The summed E-state index contributed by atoms with van der Waals surface area (Å²) in [6.07, 6.45) is 4.87. The van der Waals surface area contributed by atoms with E-state index in [1.165, 1.54) is 5.56 Å². The van der Waals surface area contributed by atoms with Gasteiger partial charge in [-0.25, -0.2) is 4.98 Å². The number of aryl methyl sites for hydroxylation is 1. The lowest BCUT2D eigenvalue weighted by atomic mass is 10.0.